The third-order valence-corrected chi connectivity index (χ3v) is 10.4. The van der Waals surface area contributed by atoms with Gasteiger partial charge in [-0.15, -0.1) is 5.10 Å². The molecule has 4 bridgehead atoms. The number of nitrogens with zero attached hydrogens (tertiary/aromatic N) is 3. The molecular weight excluding hydrogens is 598 g/mol. The molecule has 8 rings (SSSR count). The van der Waals surface area contributed by atoms with E-state index in [2.05, 4.69) is 20.6 Å². The van der Waals surface area contributed by atoms with Crippen molar-refractivity contribution < 1.29 is 28.7 Å². The zero-order valence-corrected chi connectivity index (χ0v) is 27.5. The fourth-order valence-corrected chi connectivity index (χ4v) is 8.47. The quantitative estimate of drug-likeness (QED) is 0.248. The molecule has 0 spiro atoms. The monoisotopic (exact) mass is 643 g/mol. The van der Waals surface area contributed by atoms with Crippen LogP contribution >= 0.6 is 0 Å². The molecule has 5 aliphatic rings. The van der Waals surface area contributed by atoms with E-state index in [-0.39, 0.29) is 16.9 Å². The van der Waals surface area contributed by atoms with Gasteiger partial charge in [-0.25, -0.2) is 4.79 Å². The van der Waals surface area contributed by atoms with Crippen LogP contribution in [0.1, 0.15) is 75.3 Å². The number of aromatic nitrogens is 2. The highest BCUT2D eigenvalue weighted by Crippen LogP contribution is 2.55. The van der Waals surface area contributed by atoms with E-state index in [9.17, 15) is 14.4 Å². The summed E-state index contributed by atoms with van der Waals surface area (Å²) in [6.07, 6.45) is 6.10. The van der Waals surface area contributed by atoms with Gasteiger partial charge in [0.2, 0.25) is 0 Å². The van der Waals surface area contributed by atoms with Crippen molar-refractivity contribution in [3.63, 3.8) is 0 Å². The van der Waals surface area contributed by atoms with Crippen LogP contribution in [0.15, 0.2) is 42.5 Å². The van der Waals surface area contributed by atoms with Gasteiger partial charge < -0.3 is 20.1 Å². The summed E-state index contributed by atoms with van der Waals surface area (Å²) in [6, 6.07) is 12.4. The summed E-state index contributed by atoms with van der Waals surface area (Å²) in [5.74, 6) is 1.16. The van der Waals surface area contributed by atoms with Crippen LogP contribution in [0.3, 0.4) is 0 Å². The Labute approximate surface area is 275 Å². The number of hydrogen-bond donors (Lipinski definition) is 2. The number of nitrogens with one attached hydrogen (secondary N) is 2. The van der Waals surface area contributed by atoms with Crippen LogP contribution in [0.5, 0.6) is 5.75 Å². The number of carbonyl (C=O) groups excluding carboxylic acids is 3. The second kappa shape index (κ2) is 12.6. The van der Waals surface area contributed by atoms with Crippen molar-refractivity contribution in [2.75, 3.05) is 44.8 Å². The zero-order chi connectivity index (χ0) is 32.8. The van der Waals surface area contributed by atoms with E-state index in [1.165, 1.54) is 19.3 Å². The first-order valence-corrected chi connectivity index (χ1v) is 17.0. The maximum Gasteiger partial charge on any atom is 0.433 e. The number of ketones is 1. The van der Waals surface area contributed by atoms with Crippen LogP contribution in [0.2, 0.25) is 0 Å². The molecule has 250 valence electrons. The number of anilines is 1. The summed E-state index contributed by atoms with van der Waals surface area (Å²) in [5.41, 5.74) is 0.209. The maximum atomic E-state index is 13.6. The van der Waals surface area contributed by atoms with Crippen molar-refractivity contribution in [3.05, 3.63) is 53.7 Å². The van der Waals surface area contributed by atoms with Gasteiger partial charge in [0.25, 0.3) is 11.7 Å². The molecule has 1 aromatic heterocycles. The van der Waals surface area contributed by atoms with Crippen molar-refractivity contribution in [1.82, 2.24) is 20.2 Å². The van der Waals surface area contributed by atoms with Crippen LogP contribution in [-0.2, 0) is 14.9 Å². The van der Waals surface area contributed by atoms with Gasteiger partial charge >= 0.3 is 6.09 Å². The van der Waals surface area contributed by atoms with Gasteiger partial charge in [-0.1, -0.05) is 49.9 Å². The molecule has 0 unspecified atom stereocenters. The van der Waals surface area contributed by atoms with E-state index in [0.29, 0.717) is 41.2 Å². The summed E-state index contributed by atoms with van der Waals surface area (Å²) < 4.78 is 11.5. The molecule has 2 heterocycles. The molecule has 11 nitrogen and oxygen atoms in total. The second-order valence-electron chi connectivity index (χ2n) is 15.0. The molecule has 0 radical (unpaired) electrons. The first-order chi connectivity index (χ1) is 22.5. The molecule has 2 aromatic carbocycles. The Morgan fingerprint density at radius 1 is 0.957 bits per heavy atom. The normalized spacial score (nSPS) is 25.5. The minimum atomic E-state index is -0.858. The molecule has 2 amide bonds. The van der Waals surface area contributed by atoms with E-state index in [4.69, 9.17) is 14.3 Å². The van der Waals surface area contributed by atoms with E-state index in [0.717, 1.165) is 62.3 Å². The summed E-state index contributed by atoms with van der Waals surface area (Å²) >= 11 is 0. The van der Waals surface area contributed by atoms with E-state index < -0.39 is 23.2 Å². The number of fused-ring (bicyclic) bond motifs is 1. The highest BCUT2D eigenvalue weighted by molar-refractivity contribution is 6.48. The summed E-state index contributed by atoms with van der Waals surface area (Å²) in [5, 5.41) is 11.7. The fraction of sp³-hybridized carbons (Fsp3) is 0.556. The molecule has 2 N–H and O–H groups in total. The van der Waals surface area contributed by atoms with E-state index in [1.54, 1.807) is 18.2 Å². The lowest BCUT2D eigenvalue weighted by Gasteiger charge is -2.56. The van der Waals surface area contributed by atoms with Gasteiger partial charge in [-0.2, -0.15) is 0 Å². The maximum absolute atomic E-state index is 13.6. The van der Waals surface area contributed by atoms with Crippen LogP contribution in [-0.4, -0.2) is 77.6 Å². The number of hydrogen-bond acceptors (Lipinski definition) is 8. The molecule has 11 heteroatoms. The zero-order valence-electron chi connectivity index (χ0n) is 27.5. The molecule has 0 atom stereocenters. The molecule has 5 fully saturated rings. The van der Waals surface area contributed by atoms with Crippen molar-refractivity contribution in [2.24, 2.45) is 17.8 Å². The fourth-order valence-electron chi connectivity index (χ4n) is 8.47. The summed E-state index contributed by atoms with van der Waals surface area (Å²) in [4.78, 5) is 49.4. The number of carbonyl (C=O) groups is 3. The minimum Gasteiger partial charge on any atom is -0.492 e. The molecule has 4 aliphatic carbocycles. The molecule has 1 saturated heterocycles. The van der Waals surface area contributed by atoms with Gasteiger partial charge in [-0.3, -0.25) is 19.3 Å². The van der Waals surface area contributed by atoms with Crippen molar-refractivity contribution in [1.29, 1.82) is 0 Å². The van der Waals surface area contributed by atoms with Crippen molar-refractivity contribution >= 4 is 34.4 Å². The first-order valence-electron chi connectivity index (χ1n) is 17.0. The standard InChI is InChI=1S/C36H45N5O6/c1-35(2,3)30-19-31(41(39-30)47-34(44)38-36-20-23-16-24(21-36)18-25(17-23)22-36)37-33(43)32(42)28-8-9-29(27-7-5-4-6-26(27)28)46-15-12-40-10-13-45-14-11-40/h4-9,19,23-25H,10-18,20-22H2,1-3H3,(H,37,43)(H,38,44). The molecule has 4 saturated carbocycles. The molecular formula is C36H45N5O6. The van der Waals surface area contributed by atoms with Crippen molar-refractivity contribution in [3.8, 4) is 5.75 Å². The van der Waals surface area contributed by atoms with E-state index >= 15 is 0 Å². The Morgan fingerprint density at radius 3 is 2.28 bits per heavy atom. The number of morpholine rings is 1. The van der Waals surface area contributed by atoms with Crippen LogP contribution in [0.4, 0.5) is 10.6 Å². The van der Waals surface area contributed by atoms with Crippen LogP contribution in [0, 0.1) is 17.8 Å². The molecule has 3 aromatic rings. The minimum absolute atomic E-state index is 0.112. The Hall–Kier alpha value is -3.96. The summed E-state index contributed by atoms with van der Waals surface area (Å²) in [7, 11) is 0. The number of rotatable bonds is 9. The number of amides is 2. The molecule has 1 aliphatic heterocycles. The molecule has 47 heavy (non-hydrogen) atoms. The number of Topliss-reactive ketones (excluding diaryl/α,β-unsaturated/α-hetero) is 1. The lowest BCUT2D eigenvalue weighted by Crippen LogP contribution is -2.60. The topological polar surface area (TPSA) is 124 Å². The lowest BCUT2D eigenvalue weighted by atomic mass is 9.53. The van der Waals surface area contributed by atoms with Gasteiger partial charge in [0, 0.05) is 47.6 Å². The van der Waals surface area contributed by atoms with Crippen molar-refractivity contribution in [2.45, 2.75) is 70.3 Å². The largest absolute Gasteiger partial charge is 0.492 e. The lowest BCUT2D eigenvalue weighted by molar-refractivity contribution is -0.112. The van der Waals surface area contributed by atoms with Crippen LogP contribution < -0.4 is 20.2 Å². The first kappa shape index (κ1) is 31.6. The second-order valence-corrected chi connectivity index (χ2v) is 15.0. The van der Waals surface area contributed by atoms with Crippen LogP contribution in [0.25, 0.3) is 10.8 Å². The Kier molecular flexibility index (Phi) is 8.46. The smallest absolute Gasteiger partial charge is 0.433 e. The van der Waals surface area contributed by atoms with Gasteiger partial charge in [0.15, 0.2) is 5.82 Å². The predicted molar refractivity (Wildman–Crippen MR) is 177 cm³/mol. The predicted octanol–water partition coefficient (Wildman–Crippen LogP) is 4.97. The summed E-state index contributed by atoms with van der Waals surface area (Å²) in [6.45, 7) is 10.4. The SMILES string of the molecule is CC(C)(C)c1cc(NC(=O)C(=O)c2ccc(OCCN3CCOCC3)c3ccccc23)n(OC(=O)NC23CC4CC(CC(C4)C2)C3)n1. The van der Waals surface area contributed by atoms with E-state index in [1.807, 2.05) is 45.0 Å². The third kappa shape index (κ3) is 6.73. The van der Waals surface area contributed by atoms with Gasteiger partial charge in [-0.05, 0) is 73.8 Å². The van der Waals surface area contributed by atoms with Gasteiger partial charge in [0.1, 0.15) is 12.4 Å². The Bertz CT molecular complexity index is 1630. The number of ether oxygens (including phenoxy) is 2. The Morgan fingerprint density at radius 2 is 1.62 bits per heavy atom. The average Bonchev–Trinajstić information content (AvgIpc) is 3.42. The highest BCUT2D eigenvalue weighted by Gasteiger charge is 2.52. The Balaban J connectivity index is 1.06. The number of benzene rings is 2. The van der Waals surface area contributed by atoms with Gasteiger partial charge in [0.05, 0.1) is 18.9 Å². The average molecular weight is 644 g/mol. The third-order valence-electron chi connectivity index (χ3n) is 10.4. The highest BCUT2D eigenvalue weighted by atomic mass is 16.7.